The summed E-state index contributed by atoms with van der Waals surface area (Å²) in [5, 5.41) is 1.46. The van der Waals surface area contributed by atoms with Crippen LogP contribution in [0.5, 0.6) is 0 Å². The van der Waals surface area contributed by atoms with Crippen molar-refractivity contribution >= 4 is 33.4 Å². The normalized spacial score (nSPS) is 19.0. The Morgan fingerprint density at radius 2 is 1.70 bits per heavy atom. The summed E-state index contributed by atoms with van der Waals surface area (Å²) in [6.45, 7) is 1.59. The minimum atomic E-state index is -0.0697. The molecule has 0 aromatic heterocycles. The highest BCUT2D eigenvalue weighted by atomic mass is 79.9. The van der Waals surface area contributed by atoms with Crippen LogP contribution in [0.25, 0.3) is 0 Å². The molecular weight excluding hydrogens is 358 g/mol. The van der Waals surface area contributed by atoms with Crippen molar-refractivity contribution in [2.75, 3.05) is 18.1 Å². The minimum absolute atomic E-state index is 0.0125. The third-order valence-corrected chi connectivity index (χ3v) is 4.70. The van der Waals surface area contributed by atoms with Gasteiger partial charge in [-0.15, -0.1) is 0 Å². The molecule has 2 amide bonds. The number of halogens is 1. The van der Waals surface area contributed by atoms with E-state index in [4.69, 9.17) is 0 Å². The number of carbonyl (C=O) groups excluding carboxylic acids is 2. The summed E-state index contributed by atoms with van der Waals surface area (Å²) < 4.78 is 0.946. The Bertz CT molecular complexity index is 619. The molecule has 5 nitrogen and oxygen atoms in total. The zero-order chi connectivity index (χ0) is 16.2. The van der Waals surface area contributed by atoms with Gasteiger partial charge >= 0.3 is 0 Å². The molecule has 0 spiro atoms. The monoisotopic (exact) mass is 377 g/mol. The Morgan fingerprint density at radius 1 is 1.04 bits per heavy atom. The lowest BCUT2D eigenvalue weighted by atomic mass is 10.2. The molecule has 1 N–H and O–H groups in total. The van der Waals surface area contributed by atoms with Crippen molar-refractivity contribution in [1.29, 1.82) is 0 Å². The van der Waals surface area contributed by atoms with Crippen LogP contribution in [0.1, 0.15) is 32.1 Å². The molecule has 0 atom stereocenters. The minimum Gasteiger partial charge on any atom is -0.337 e. The standard InChI is InChI=1S/C17H20BrN3O2/c18-13-5-7-14(8-6-13)21-16(22)10-9-15(19-21)17(23)20-11-3-1-2-4-12-20/h5-9,19H,1-4,10-12H2. The molecule has 122 valence electrons. The van der Waals surface area contributed by atoms with Gasteiger partial charge < -0.3 is 4.90 Å². The van der Waals surface area contributed by atoms with E-state index in [1.54, 1.807) is 6.08 Å². The van der Waals surface area contributed by atoms with Crippen LogP contribution in [0.4, 0.5) is 5.69 Å². The molecule has 2 aliphatic rings. The Morgan fingerprint density at radius 3 is 2.35 bits per heavy atom. The third-order valence-electron chi connectivity index (χ3n) is 4.17. The van der Waals surface area contributed by atoms with E-state index in [-0.39, 0.29) is 18.2 Å². The second-order valence-electron chi connectivity index (χ2n) is 5.85. The number of amides is 2. The fourth-order valence-corrected chi connectivity index (χ4v) is 3.15. The van der Waals surface area contributed by atoms with Crippen molar-refractivity contribution in [1.82, 2.24) is 10.3 Å². The molecule has 23 heavy (non-hydrogen) atoms. The molecule has 1 aromatic rings. The van der Waals surface area contributed by atoms with Gasteiger partial charge in [-0.2, -0.15) is 0 Å². The summed E-state index contributed by atoms with van der Waals surface area (Å²) in [6.07, 6.45) is 6.39. The van der Waals surface area contributed by atoms with Gasteiger partial charge in [-0.05, 0) is 43.2 Å². The van der Waals surface area contributed by atoms with Gasteiger partial charge in [-0.25, -0.2) is 5.01 Å². The molecular formula is C17H20BrN3O2. The fraction of sp³-hybridized carbons (Fsp3) is 0.412. The third kappa shape index (κ3) is 3.75. The van der Waals surface area contributed by atoms with E-state index in [1.165, 1.54) is 17.9 Å². The van der Waals surface area contributed by atoms with Gasteiger partial charge in [-0.1, -0.05) is 28.8 Å². The van der Waals surface area contributed by atoms with E-state index in [2.05, 4.69) is 21.4 Å². The van der Waals surface area contributed by atoms with E-state index in [1.807, 2.05) is 29.2 Å². The van der Waals surface area contributed by atoms with E-state index in [0.717, 1.165) is 36.1 Å². The molecule has 0 aliphatic carbocycles. The topological polar surface area (TPSA) is 52.7 Å². The maximum absolute atomic E-state index is 12.7. The first-order valence-corrected chi connectivity index (χ1v) is 8.79. The smallest absolute Gasteiger partial charge is 0.271 e. The van der Waals surface area contributed by atoms with Gasteiger partial charge in [-0.3, -0.25) is 15.0 Å². The Kier molecular flexibility index (Phi) is 5.00. The summed E-state index contributed by atoms with van der Waals surface area (Å²) in [5.74, 6) is -0.0822. The summed E-state index contributed by atoms with van der Waals surface area (Å²) in [4.78, 5) is 26.7. The lowest BCUT2D eigenvalue weighted by Gasteiger charge is -2.31. The number of rotatable bonds is 2. The lowest BCUT2D eigenvalue weighted by molar-refractivity contribution is -0.127. The second kappa shape index (κ2) is 7.17. The summed E-state index contributed by atoms with van der Waals surface area (Å²) in [7, 11) is 0. The van der Waals surface area contributed by atoms with Gasteiger partial charge in [0.05, 0.1) is 5.69 Å². The lowest BCUT2D eigenvalue weighted by Crippen LogP contribution is -2.49. The number of anilines is 1. The largest absolute Gasteiger partial charge is 0.337 e. The number of nitrogens with one attached hydrogen (secondary N) is 1. The highest BCUT2D eigenvalue weighted by molar-refractivity contribution is 9.10. The van der Waals surface area contributed by atoms with Crippen molar-refractivity contribution in [2.24, 2.45) is 0 Å². The second-order valence-corrected chi connectivity index (χ2v) is 6.76. The van der Waals surface area contributed by atoms with Crippen LogP contribution in [-0.2, 0) is 9.59 Å². The quantitative estimate of drug-likeness (QED) is 0.861. The summed E-state index contributed by atoms with van der Waals surface area (Å²) in [5.41, 5.74) is 4.22. The molecule has 0 radical (unpaired) electrons. The zero-order valence-electron chi connectivity index (χ0n) is 12.9. The number of benzene rings is 1. The first-order valence-electron chi connectivity index (χ1n) is 8.00. The van der Waals surface area contributed by atoms with Crippen molar-refractivity contribution in [2.45, 2.75) is 32.1 Å². The predicted molar refractivity (Wildman–Crippen MR) is 92.5 cm³/mol. The van der Waals surface area contributed by atoms with Crippen molar-refractivity contribution in [3.8, 4) is 0 Å². The Hall–Kier alpha value is -1.82. The van der Waals surface area contributed by atoms with Crippen LogP contribution in [0.2, 0.25) is 0 Å². The van der Waals surface area contributed by atoms with Crippen molar-refractivity contribution in [3.05, 3.63) is 40.5 Å². The summed E-state index contributed by atoms with van der Waals surface area (Å²) >= 11 is 3.38. The van der Waals surface area contributed by atoms with Crippen LogP contribution in [0.3, 0.4) is 0 Å². The number of carbonyl (C=O) groups is 2. The molecule has 1 aromatic carbocycles. The SMILES string of the molecule is O=C(C1=CCC(=O)N(c2ccc(Br)cc2)N1)N1CCCCCC1. The molecule has 3 rings (SSSR count). The number of hydrazine groups is 1. The molecule has 1 saturated heterocycles. The van der Waals surface area contributed by atoms with Gasteiger partial charge in [0.1, 0.15) is 5.70 Å². The van der Waals surface area contributed by atoms with Gasteiger partial charge in [0.2, 0.25) is 5.91 Å². The maximum Gasteiger partial charge on any atom is 0.271 e. The van der Waals surface area contributed by atoms with Crippen LogP contribution in [-0.4, -0.2) is 29.8 Å². The fourth-order valence-electron chi connectivity index (χ4n) is 2.89. The molecule has 2 aliphatic heterocycles. The Balaban J connectivity index is 1.74. The van der Waals surface area contributed by atoms with Crippen LogP contribution in [0.15, 0.2) is 40.5 Å². The van der Waals surface area contributed by atoms with Crippen molar-refractivity contribution in [3.63, 3.8) is 0 Å². The van der Waals surface area contributed by atoms with Crippen LogP contribution < -0.4 is 10.4 Å². The average molecular weight is 378 g/mol. The van der Waals surface area contributed by atoms with Gasteiger partial charge in [0.15, 0.2) is 0 Å². The molecule has 0 unspecified atom stereocenters. The molecule has 0 bridgehead atoms. The first kappa shape index (κ1) is 16.1. The zero-order valence-corrected chi connectivity index (χ0v) is 14.5. The van der Waals surface area contributed by atoms with Crippen molar-refractivity contribution < 1.29 is 9.59 Å². The summed E-state index contributed by atoms with van der Waals surface area (Å²) in [6, 6.07) is 7.43. The molecule has 2 heterocycles. The van der Waals surface area contributed by atoms with Gasteiger partial charge in [0, 0.05) is 24.0 Å². The molecule has 0 saturated carbocycles. The Labute approximate surface area is 144 Å². The molecule has 6 heteroatoms. The molecule has 1 fully saturated rings. The van der Waals surface area contributed by atoms with E-state index in [0.29, 0.717) is 5.70 Å². The van der Waals surface area contributed by atoms with E-state index < -0.39 is 0 Å². The number of hydrogen-bond donors (Lipinski definition) is 1. The number of hydrogen-bond acceptors (Lipinski definition) is 3. The highest BCUT2D eigenvalue weighted by Crippen LogP contribution is 2.21. The number of nitrogens with zero attached hydrogens (tertiary/aromatic N) is 2. The van der Waals surface area contributed by atoms with Crippen LogP contribution >= 0.6 is 15.9 Å². The van der Waals surface area contributed by atoms with Gasteiger partial charge in [0.25, 0.3) is 5.91 Å². The highest BCUT2D eigenvalue weighted by Gasteiger charge is 2.27. The van der Waals surface area contributed by atoms with E-state index in [9.17, 15) is 9.59 Å². The van der Waals surface area contributed by atoms with E-state index >= 15 is 0 Å². The number of likely N-dealkylation sites (tertiary alicyclic amines) is 1. The predicted octanol–water partition coefficient (Wildman–Crippen LogP) is 2.98. The first-order chi connectivity index (χ1) is 11.1. The maximum atomic E-state index is 12.7. The van der Waals surface area contributed by atoms with Crippen LogP contribution in [0, 0.1) is 0 Å². The average Bonchev–Trinajstić information content (AvgIpc) is 2.85.